The fraction of sp³-hybridized carbons (Fsp3) is 0.636. The van der Waals surface area contributed by atoms with Gasteiger partial charge in [0, 0.05) is 44.8 Å². The topological polar surface area (TPSA) is 84.7 Å². The summed E-state index contributed by atoms with van der Waals surface area (Å²) in [6, 6.07) is 6.67. The first kappa shape index (κ1) is 24.0. The van der Waals surface area contributed by atoms with Crippen molar-refractivity contribution in [2.24, 2.45) is 11.8 Å². The minimum atomic E-state index is -3.76. The molecular formula is C22H31ClN4O3S. The van der Waals surface area contributed by atoms with Gasteiger partial charge in [0.15, 0.2) is 0 Å². The third-order valence-electron chi connectivity index (χ3n) is 6.17. The van der Waals surface area contributed by atoms with Crippen LogP contribution in [-0.2, 0) is 10.0 Å². The van der Waals surface area contributed by atoms with Crippen LogP contribution in [0.4, 0.5) is 0 Å². The fourth-order valence-electron chi connectivity index (χ4n) is 4.38. The number of carbonyl (C=O) groups is 1. The zero-order chi connectivity index (χ0) is 22.8. The molecule has 9 heteroatoms. The van der Waals surface area contributed by atoms with Crippen molar-refractivity contribution in [1.82, 2.24) is 14.1 Å². The number of halogens is 1. The maximum Gasteiger partial charge on any atom is 0.253 e. The lowest BCUT2D eigenvalue weighted by Gasteiger charge is -2.38. The Balaban J connectivity index is 1.76. The van der Waals surface area contributed by atoms with Crippen LogP contribution in [0.15, 0.2) is 23.1 Å². The van der Waals surface area contributed by atoms with E-state index in [-0.39, 0.29) is 27.8 Å². The first-order valence-corrected chi connectivity index (χ1v) is 12.7. The molecule has 2 aliphatic heterocycles. The van der Waals surface area contributed by atoms with E-state index in [1.807, 2.05) is 20.8 Å². The number of benzene rings is 1. The number of hydrogen-bond acceptors (Lipinski definition) is 5. The van der Waals surface area contributed by atoms with Crippen LogP contribution in [0.25, 0.3) is 0 Å². The van der Waals surface area contributed by atoms with E-state index in [4.69, 9.17) is 11.6 Å². The quantitative estimate of drug-likeness (QED) is 0.665. The van der Waals surface area contributed by atoms with Crippen LogP contribution in [0.3, 0.4) is 0 Å². The maximum atomic E-state index is 13.2. The normalized spacial score (nSPS) is 22.3. The molecule has 0 spiro atoms. The lowest BCUT2D eigenvalue weighted by atomic mass is 10.0. The Bertz CT molecular complexity index is 952. The Kier molecular flexibility index (Phi) is 7.63. The van der Waals surface area contributed by atoms with Crippen LogP contribution in [0.5, 0.6) is 0 Å². The van der Waals surface area contributed by atoms with Crippen molar-refractivity contribution in [3.8, 4) is 6.07 Å². The number of amides is 1. The number of sulfonamides is 1. The summed E-state index contributed by atoms with van der Waals surface area (Å²) in [5.74, 6) is 0.304. The van der Waals surface area contributed by atoms with Crippen molar-refractivity contribution >= 4 is 27.5 Å². The second-order valence-corrected chi connectivity index (χ2v) is 11.2. The molecule has 2 saturated heterocycles. The molecule has 0 aromatic heterocycles. The van der Waals surface area contributed by atoms with Gasteiger partial charge in [-0.3, -0.25) is 9.69 Å². The third-order valence-corrected chi connectivity index (χ3v) is 8.52. The van der Waals surface area contributed by atoms with Gasteiger partial charge in [0.05, 0.1) is 11.1 Å². The van der Waals surface area contributed by atoms with Gasteiger partial charge in [-0.1, -0.05) is 32.4 Å². The second kappa shape index (κ2) is 9.86. The molecule has 1 aromatic rings. The average molecular weight is 467 g/mol. The highest BCUT2D eigenvalue weighted by atomic mass is 35.5. The van der Waals surface area contributed by atoms with E-state index in [1.165, 1.54) is 16.4 Å². The molecule has 7 nitrogen and oxygen atoms in total. The molecule has 2 atom stereocenters. The number of piperazine rings is 1. The zero-order valence-corrected chi connectivity index (χ0v) is 20.0. The molecule has 0 N–H and O–H groups in total. The van der Waals surface area contributed by atoms with Crippen LogP contribution in [-0.4, -0.2) is 73.7 Å². The molecule has 0 aliphatic carbocycles. The molecule has 2 heterocycles. The summed E-state index contributed by atoms with van der Waals surface area (Å²) in [5.41, 5.74) is 0.321. The number of nitrogens with zero attached hydrogens (tertiary/aromatic N) is 4. The van der Waals surface area contributed by atoms with E-state index in [0.29, 0.717) is 50.7 Å². The van der Waals surface area contributed by atoms with E-state index in [1.54, 1.807) is 11.0 Å². The maximum absolute atomic E-state index is 13.2. The molecule has 170 valence electrons. The van der Waals surface area contributed by atoms with E-state index in [2.05, 4.69) is 11.0 Å². The summed E-state index contributed by atoms with van der Waals surface area (Å²) >= 11 is 6.26. The Hall–Kier alpha value is -1.66. The molecule has 31 heavy (non-hydrogen) atoms. The van der Waals surface area contributed by atoms with Gasteiger partial charge in [-0.2, -0.15) is 9.57 Å². The van der Waals surface area contributed by atoms with Gasteiger partial charge in [-0.25, -0.2) is 8.42 Å². The molecule has 1 amide bonds. The number of nitriles is 1. The SMILES string of the molecule is CC1CCCN(S(=O)(=O)c2cc(C(=O)N3CCN(C(C#N)C(C)C)CC3)ccc2Cl)C1. The van der Waals surface area contributed by atoms with E-state index in [0.717, 1.165) is 12.8 Å². The summed E-state index contributed by atoms with van der Waals surface area (Å²) in [6.07, 6.45) is 1.83. The van der Waals surface area contributed by atoms with Crippen molar-refractivity contribution in [1.29, 1.82) is 5.26 Å². The molecular weight excluding hydrogens is 436 g/mol. The molecule has 3 rings (SSSR count). The second-order valence-electron chi connectivity index (χ2n) is 8.90. The van der Waals surface area contributed by atoms with Crippen molar-refractivity contribution in [3.63, 3.8) is 0 Å². The van der Waals surface area contributed by atoms with Gasteiger partial charge < -0.3 is 4.90 Å². The number of carbonyl (C=O) groups excluding carboxylic acids is 1. The van der Waals surface area contributed by atoms with E-state index in [9.17, 15) is 18.5 Å². The van der Waals surface area contributed by atoms with Gasteiger partial charge in [0.1, 0.15) is 10.9 Å². The minimum Gasteiger partial charge on any atom is -0.336 e. The standard InChI is InChI=1S/C22H31ClN4O3S/c1-16(2)20(14-24)25-9-11-26(12-10-25)22(28)18-6-7-19(23)21(13-18)31(29,30)27-8-4-5-17(3)15-27/h6-7,13,16-17,20H,4-5,8-12,15H2,1-3H3. The summed E-state index contributed by atoms with van der Waals surface area (Å²) in [4.78, 5) is 16.9. The lowest BCUT2D eigenvalue weighted by Crippen LogP contribution is -2.52. The van der Waals surface area contributed by atoms with E-state index >= 15 is 0 Å². The Morgan fingerprint density at radius 3 is 2.45 bits per heavy atom. The summed E-state index contributed by atoms with van der Waals surface area (Å²) < 4.78 is 27.9. The fourth-order valence-corrected chi connectivity index (χ4v) is 6.47. The first-order chi connectivity index (χ1) is 14.6. The van der Waals surface area contributed by atoms with Crippen molar-refractivity contribution in [2.75, 3.05) is 39.3 Å². The predicted octanol–water partition coefficient (Wildman–Crippen LogP) is 3.07. The number of hydrogen-bond donors (Lipinski definition) is 0. The largest absolute Gasteiger partial charge is 0.336 e. The number of rotatable bonds is 5. The van der Waals surface area contributed by atoms with Crippen molar-refractivity contribution < 1.29 is 13.2 Å². The van der Waals surface area contributed by atoms with Crippen LogP contribution < -0.4 is 0 Å². The van der Waals surface area contributed by atoms with Gasteiger partial charge in [0.2, 0.25) is 10.0 Å². The minimum absolute atomic E-state index is 0.00268. The third kappa shape index (κ3) is 5.23. The van der Waals surface area contributed by atoms with Crippen LogP contribution >= 0.6 is 11.6 Å². The first-order valence-electron chi connectivity index (χ1n) is 10.9. The Morgan fingerprint density at radius 1 is 1.19 bits per heavy atom. The van der Waals surface area contributed by atoms with Gasteiger partial charge in [-0.05, 0) is 42.9 Å². The average Bonchev–Trinajstić information content (AvgIpc) is 2.74. The molecule has 0 saturated carbocycles. The van der Waals surface area contributed by atoms with E-state index < -0.39 is 10.0 Å². The highest BCUT2D eigenvalue weighted by Crippen LogP contribution is 2.29. The predicted molar refractivity (Wildman–Crippen MR) is 120 cm³/mol. The van der Waals surface area contributed by atoms with Gasteiger partial charge in [-0.15, -0.1) is 0 Å². The molecule has 0 bridgehead atoms. The summed E-state index contributed by atoms with van der Waals surface area (Å²) in [6.45, 7) is 9.25. The van der Waals surface area contributed by atoms with Crippen molar-refractivity contribution in [3.05, 3.63) is 28.8 Å². The van der Waals surface area contributed by atoms with Gasteiger partial charge >= 0.3 is 0 Å². The zero-order valence-electron chi connectivity index (χ0n) is 18.4. The molecule has 1 aromatic carbocycles. The van der Waals surface area contributed by atoms with Gasteiger partial charge in [0.25, 0.3) is 5.91 Å². The van der Waals surface area contributed by atoms with Crippen LogP contribution in [0.1, 0.15) is 44.0 Å². The molecule has 2 aliphatic rings. The Morgan fingerprint density at radius 2 is 1.87 bits per heavy atom. The highest BCUT2D eigenvalue weighted by molar-refractivity contribution is 7.89. The molecule has 0 radical (unpaired) electrons. The monoisotopic (exact) mass is 466 g/mol. The number of piperidine rings is 1. The van der Waals surface area contributed by atoms with Crippen molar-refractivity contribution in [2.45, 2.75) is 44.6 Å². The smallest absolute Gasteiger partial charge is 0.253 e. The molecule has 2 fully saturated rings. The van der Waals surface area contributed by atoms with Crippen LogP contribution in [0.2, 0.25) is 5.02 Å². The Labute approximate surface area is 190 Å². The lowest BCUT2D eigenvalue weighted by molar-refractivity contribution is 0.0576. The van der Waals surface area contributed by atoms with Crippen LogP contribution in [0, 0.1) is 23.2 Å². The highest BCUT2D eigenvalue weighted by Gasteiger charge is 2.32. The summed E-state index contributed by atoms with van der Waals surface area (Å²) in [5, 5.41) is 9.55. The summed E-state index contributed by atoms with van der Waals surface area (Å²) in [7, 11) is -3.76. The molecule has 2 unspecified atom stereocenters.